The molecule has 0 rings (SSSR count). The predicted molar refractivity (Wildman–Crippen MR) is 35.1 cm³/mol. The van der Waals surface area contributed by atoms with E-state index in [2.05, 4.69) is 0 Å². The van der Waals surface area contributed by atoms with E-state index in [1.165, 1.54) is 0 Å². The molecule has 0 nitrogen and oxygen atoms in total. The van der Waals surface area contributed by atoms with Crippen LogP contribution in [0.3, 0.4) is 0 Å². The molecule has 0 heterocycles. The normalized spacial score (nSPS) is 16.2. The Bertz CT molecular complexity index is 71.6. The van der Waals surface area contributed by atoms with Gasteiger partial charge in [-0.15, -0.1) is 0 Å². The molecular formula is Cl6K3Os+. The van der Waals surface area contributed by atoms with Crippen LogP contribution in [-0.2, 0) is 6.64 Å². The van der Waals surface area contributed by atoms with Gasteiger partial charge in [-0.05, 0) is 0 Å². The van der Waals surface area contributed by atoms with Crippen LogP contribution in [-0.4, -0.2) is 0 Å². The van der Waals surface area contributed by atoms with Gasteiger partial charge in [0.1, 0.15) is 0 Å². The second kappa shape index (κ2) is 7.66. The molecule has 0 aromatic rings. The molecule has 0 saturated carbocycles. The first-order valence-electron chi connectivity index (χ1n) is 0.802. The minimum Gasteiger partial charge on any atom is 1.00 e. The number of hydrogen-bond acceptors (Lipinski definition) is 0. The molecule has 0 atom stereocenters. The Morgan fingerprint density at radius 2 is 0.500 bits per heavy atom. The zero-order chi connectivity index (χ0) is 6.41. The zero-order valence-electron chi connectivity index (χ0n) is 5.62. The largest absolute Gasteiger partial charge is 1.00 e. The van der Waals surface area contributed by atoms with E-state index in [4.69, 9.17) is 57.8 Å². The fourth-order valence-corrected chi connectivity index (χ4v) is 0. The summed E-state index contributed by atoms with van der Waals surface area (Å²) >= 11 is 0. The smallest absolute Gasteiger partial charge is 1.00 e. The van der Waals surface area contributed by atoms with Crippen LogP contribution in [0, 0.1) is 0 Å². The number of rotatable bonds is 0. The third-order valence-electron chi connectivity index (χ3n) is 0. The second-order valence-corrected chi connectivity index (χ2v) is 55.8. The first-order valence-corrected chi connectivity index (χ1v) is 19.7. The van der Waals surface area contributed by atoms with E-state index in [1.54, 1.807) is 0 Å². The Morgan fingerprint density at radius 3 is 0.500 bits per heavy atom. The van der Waals surface area contributed by atoms with Gasteiger partial charge in [0, 0.05) is 0 Å². The van der Waals surface area contributed by atoms with E-state index in [0.717, 1.165) is 0 Å². The maximum absolute atomic E-state index is 5.38. The van der Waals surface area contributed by atoms with Crippen molar-refractivity contribution in [1.29, 1.82) is 0 Å². The van der Waals surface area contributed by atoms with E-state index < -0.39 is 6.64 Å². The molecule has 0 fully saturated rings. The summed E-state index contributed by atoms with van der Waals surface area (Å²) in [4.78, 5) is 0. The molecule has 0 aliphatic heterocycles. The number of hydrogen-bond donors (Lipinski definition) is 0. The van der Waals surface area contributed by atoms with Gasteiger partial charge in [0.15, 0.2) is 0 Å². The summed E-state index contributed by atoms with van der Waals surface area (Å²) < 4.78 is 0. The van der Waals surface area contributed by atoms with Gasteiger partial charge in [0.2, 0.25) is 0 Å². The van der Waals surface area contributed by atoms with Gasteiger partial charge in [-0.25, -0.2) is 0 Å². The molecule has 52 valence electrons. The molecule has 0 N–H and O–H groups in total. The van der Waals surface area contributed by atoms with E-state index in [1.807, 2.05) is 0 Å². The second-order valence-electron chi connectivity index (χ2n) is 0.758. The molecule has 0 amide bonds. The molecule has 0 aliphatic rings. The summed E-state index contributed by atoms with van der Waals surface area (Å²) in [6.45, 7) is -5.38. The van der Waals surface area contributed by atoms with Gasteiger partial charge in [0.05, 0.1) is 0 Å². The first-order chi connectivity index (χ1) is 2.45. The average Bonchev–Trinajstić information content (AvgIpc) is 0.592. The Morgan fingerprint density at radius 1 is 0.500 bits per heavy atom. The standard InChI is InChI=1S/6ClH.3K.Os/h6*1H;;;;/q;;;;;;3*+1;+4/p-6. The first kappa shape index (κ1) is 26.0. The van der Waals surface area contributed by atoms with Crippen LogP contribution in [0.15, 0.2) is 0 Å². The summed E-state index contributed by atoms with van der Waals surface area (Å²) in [6, 6.07) is 0. The van der Waals surface area contributed by atoms with Gasteiger partial charge in [0.25, 0.3) is 0 Å². The summed E-state index contributed by atoms with van der Waals surface area (Å²) in [6.07, 6.45) is 0. The van der Waals surface area contributed by atoms with E-state index in [9.17, 15) is 0 Å². The van der Waals surface area contributed by atoms with Crippen molar-refractivity contribution < 1.29 is 161 Å². The van der Waals surface area contributed by atoms with Crippen LogP contribution in [0.1, 0.15) is 0 Å². The SMILES string of the molecule is [Cl][Os-2]([Cl])([Cl])([Cl])([Cl])[Cl].[K+].[K+].[K+]. The van der Waals surface area contributed by atoms with Crippen molar-refractivity contribution in [2.75, 3.05) is 0 Å². The fraction of sp³-hybridized carbons (Fsp3) is 0. The third kappa shape index (κ3) is 58.8. The van der Waals surface area contributed by atoms with Crippen LogP contribution in [0.4, 0.5) is 0 Å². The summed E-state index contributed by atoms with van der Waals surface area (Å²) in [5.41, 5.74) is 0. The van der Waals surface area contributed by atoms with Gasteiger partial charge in [-0.1, -0.05) is 0 Å². The van der Waals surface area contributed by atoms with Crippen LogP contribution >= 0.6 is 57.8 Å². The Hall–Kier alpha value is 7.29. The van der Waals surface area contributed by atoms with Crippen molar-refractivity contribution in [2.45, 2.75) is 0 Å². The topological polar surface area (TPSA) is 0 Å². The molecule has 0 unspecified atom stereocenters. The van der Waals surface area contributed by atoms with E-state index in [-0.39, 0.29) is 154 Å². The van der Waals surface area contributed by atoms with Crippen molar-refractivity contribution in [3.8, 4) is 0 Å². The molecule has 10 heavy (non-hydrogen) atoms. The average molecular weight is 520 g/mol. The molecule has 0 aromatic heterocycles. The zero-order valence-corrected chi connectivity index (χ0v) is 22.1. The molecule has 0 aromatic carbocycles. The number of halogens is 6. The van der Waals surface area contributed by atoms with Crippen molar-refractivity contribution in [3.05, 3.63) is 0 Å². The minimum absolute atomic E-state index is 0. The Balaban J connectivity index is -0.0000000600. The molecule has 0 aliphatic carbocycles. The van der Waals surface area contributed by atoms with Crippen molar-refractivity contribution in [1.82, 2.24) is 0 Å². The maximum Gasteiger partial charge on any atom is 1.00 e. The summed E-state index contributed by atoms with van der Waals surface area (Å²) in [5.74, 6) is 0. The van der Waals surface area contributed by atoms with Crippen molar-refractivity contribution in [2.24, 2.45) is 0 Å². The molecule has 10 heteroatoms. The molecule has 0 spiro atoms. The van der Waals surface area contributed by atoms with Crippen LogP contribution in [0.5, 0.6) is 0 Å². The van der Waals surface area contributed by atoms with Crippen LogP contribution < -0.4 is 154 Å². The monoisotopic (exact) mass is 519 g/mol. The molecule has 0 saturated heterocycles. The predicted octanol–water partition coefficient (Wildman–Crippen LogP) is -4.85. The Kier molecular flexibility index (Phi) is 19.9. The molecule has 0 radical (unpaired) electrons. The van der Waals surface area contributed by atoms with E-state index >= 15 is 0 Å². The molecular weight excluding hydrogens is 520 g/mol. The minimum atomic E-state index is -5.38. The van der Waals surface area contributed by atoms with E-state index in [0.29, 0.717) is 0 Å². The maximum atomic E-state index is 5.06. The quantitative estimate of drug-likeness (QED) is 0.282. The van der Waals surface area contributed by atoms with Crippen LogP contribution in [0.25, 0.3) is 0 Å². The third-order valence-corrected chi connectivity index (χ3v) is 0. The van der Waals surface area contributed by atoms with Gasteiger partial charge in [-0.2, -0.15) is 0 Å². The molecule has 0 bridgehead atoms. The van der Waals surface area contributed by atoms with Gasteiger partial charge < -0.3 is 0 Å². The van der Waals surface area contributed by atoms with Crippen molar-refractivity contribution >= 4 is 57.8 Å². The summed E-state index contributed by atoms with van der Waals surface area (Å²) in [5, 5.41) is 0. The van der Waals surface area contributed by atoms with Gasteiger partial charge >= 0.3 is 219 Å². The van der Waals surface area contributed by atoms with Crippen LogP contribution in [0.2, 0.25) is 0 Å². The summed E-state index contributed by atoms with van der Waals surface area (Å²) in [7, 11) is 30.4. The van der Waals surface area contributed by atoms with Gasteiger partial charge in [-0.3, -0.25) is 0 Å². The van der Waals surface area contributed by atoms with Crippen molar-refractivity contribution in [3.63, 3.8) is 0 Å². The fourth-order valence-electron chi connectivity index (χ4n) is 0. The Labute approximate surface area is 210 Å².